The molecule has 0 aliphatic heterocycles. The van der Waals surface area contributed by atoms with Crippen LogP contribution in [-0.2, 0) is 9.59 Å². The fraction of sp³-hybridized carbons (Fsp3) is 0.333. The monoisotopic (exact) mass is 333 g/mol. The van der Waals surface area contributed by atoms with Gasteiger partial charge in [-0.1, -0.05) is 25.2 Å². The summed E-state index contributed by atoms with van der Waals surface area (Å²) in [6.45, 7) is 3.33. The Balaban J connectivity index is 2.16. The van der Waals surface area contributed by atoms with Crippen molar-refractivity contribution < 1.29 is 19.1 Å². The molecule has 2 heterocycles. The van der Waals surface area contributed by atoms with Gasteiger partial charge in [-0.3, -0.25) is 9.59 Å². The zero-order chi connectivity index (χ0) is 17.0. The number of carbonyl (C=O) groups excluding carboxylic acids is 1. The molecule has 2 aromatic rings. The first-order chi connectivity index (χ1) is 10.8. The van der Waals surface area contributed by atoms with Gasteiger partial charge in [0, 0.05) is 11.8 Å². The number of nitriles is 1. The molecule has 0 aromatic carbocycles. The standard InChI is InChI=1S/C15H15N3O4S/c1-15(2,6-5-11(19)20)13(21)18-14-17-12(10(8-16)23-14)9-4-3-7-22-9/h3-4,7H,5-6H2,1-2H3,(H,19,20)(H,17,18,21). The second-order valence-corrected chi connectivity index (χ2v) is 6.52. The van der Waals surface area contributed by atoms with Gasteiger partial charge in [0.1, 0.15) is 16.6 Å². The van der Waals surface area contributed by atoms with E-state index in [1.54, 1.807) is 26.0 Å². The van der Waals surface area contributed by atoms with Gasteiger partial charge in [0.15, 0.2) is 10.9 Å². The van der Waals surface area contributed by atoms with Gasteiger partial charge in [-0.05, 0) is 18.6 Å². The van der Waals surface area contributed by atoms with E-state index < -0.39 is 11.4 Å². The number of furan rings is 1. The van der Waals surface area contributed by atoms with Crippen molar-refractivity contribution in [3.8, 4) is 17.5 Å². The molecule has 2 aromatic heterocycles. The minimum Gasteiger partial charge on any atom is -0.481 e. The fourth-order valence-electron chi connectivity index (χ4n) is 1.83. The van der Waals surface area contributed by atoms with Gasteiger partial charge in [-0.2, -0.15) is 5.26 Å². The van der Waals surface area contributed by atoms with Gasteiger partial charge in [0.2, 0.25) is 5.91 Å². The molecule has 0 saturated carbocycles. The molecule has 8 heteroatoms. The van der Waals surface area contributed by atoms with Crippen LogP contribution in [0.15, 0.2) is 22.8 Å². The number of thiazole rings is 1. The molecule has 1 amide bonds. The van der Waals surface area contributed by atoms with E-state index in [-0.39, 0.29) is 23.9 Å². The molecular formula is C15H15N3O4S. The third kappa shape index (κ3) is 3.96. The van der Waals surface area contributed by atoms with Crippen molar-refractivity contribution in [1.29, 1.82) is 5.26 Å². The molecule has 0 atom stereocenters. The Morgan fingerprint density at radius 3 is 2.83 bits per heavy atom. The maximum atomic E-state index is 12.3. The fourth-order valence-corrected chi connectivity index (χ4v) is 2.59. The van der Waals surface area contributed by atoms with Gasteiger partial charge in [0.25, 0.3) is 0 Å². The number of nitrogens with one attached hydrogen (secondary N) is 1. The topological polar surface area (TPSA) is 116 Å². The van der Waals surface area contributed by atoms with Crippen LogP contribution in [0.2, 0.25) is 0 Å². The molecule has 0 unspecified atom stereocenters. The van der Waals surface area contributed by atoms with Crippen molar-refractivity contribution in [2.24, 2.45) is 5.41 Å². The van der Waals surface area contributed by atoms with Crippen LogP contribution in [0, 0.1) is 16.7 Å². The first-order valence-electron chi connectivity index (χ1n) is 6.81. The first kappa shape index (κ1) is 16.7. The van der Waals surface area contributed by atoms with E-state index in [1.807, 2.05) is 6.07 Å². The van der Waals surface area contributed by atoms with Gasteiger partial charge in [0.05, 0.1) is 6.26 Å². The van der Waals surface area contributed by atoms with Crippen LogP contribution in [0.4, 0.5) is 5.13 Å². The quantitative estimate of drug-likeness (QED) is 0.839. The first-order valence-corrected chi connectivity index (χ1v) is 7.63. The lowest BCUT2D eigenvalue weighted by molar-refractivity contribution is -0.138. The number of hydrogen-bond donors (Lipinski definition) is 2. The zero-order valence-electron chi connectivity index (χ0n) is 12.6. The molecule has 23 heavy (non-hydrogen) atoms. The highest BCUT2D eigenvalue weighted by atomic mass is 32.1. The lowest BCUT2D eigenvalue weighted by atomic mass is 9.87. The number of carbonyl (C=O) groups is 2. The van der Waals surface area contributed by atoms with Crippen LogP contribution < -0.4 is 5.32 Å². The maximum absolute atomic E-state index is 12.3. The summed E-state index contributed by atoms with van der Waals surface area (Å²) in [6, 6.07) is 5.39. The largest absolute Gasteiger partial charge is 0.481 e. The van der Waals surface area contributed by atoms with Crippen molar-refractivity contribution >= 4 is 28.3 Å². The summed E-state index contributed by atoms with van der Waals surface area (Å²) in [4.78, 5) is 27.5. The van der Waals surface area contributed by atoms with Crippen molar-refractivity contribution in [2.75, 3.05) is 5.32 Å². The number of carboxylic acid groups (broad SMARTS) is 1. The smallest absolute Gasteiger partial charge is 0.303 e. The second kappa shape index (κ2) is 6.62. The van der Waals surface area contributed by atoms with Crippen molar-refractivity contribution in [2.45, 2.75) is 26.7 Å². The zero-order valence-corrected chi connectivity index (χ0v) is 13.4. The van der Waals surface area contributed by atoms with Crippen LogP contribution >= 0.6 is 11.3 Å². The summed E-state index contributed by atoms with van der Waals surface area (Å²) in [5, 5.41) is 20.8. The average Bonchev–Trinajstić information content (AvgIpc) is 3.13. The Bertz CT molecular complexity index is 756. The Hall–Kier alpha value is -2.66. The summed E-state index contributed by atoms with van der Waals surface area (Å²) >= 11 is 1.05. The summed E-state index contributed by atoms with van der Waals surface area (Å²) in [6.07, 6.45) is 1.58. The van der Waals surface area contributed by atoms with Crippen LogP contribution in [0.5, 0.6) is 0 Å². The predicted molar refractivity (Wildman–Crippen MR) is 83.8 cm³/mol. The Morgan fingerprint density at radius 1 is 1.52 bits per heavy atom. The second-order valence-electron chi connectivity index (χ2n) is 5.52. The van der Waals surface area contributed by atoms with Gasteiger partial charge in [-0.25, -0.2) is 4.98 Å². The van der Waals surface area contributed by atoms with Gasteiger partial charge in [-0.15, -0.1) is 0 Å². The van der Waals surface area contributed by atoms with Crippen molar-refractivity contribution in [1.82, 2.24) is 4.98 Å². The summed E-state index contributed by atoms with van der Waals surface area (Å²) < 4.78 is 5.23. The van der Waals surface area contributed by atoms with Crippen LogP contribution in [0.25, 0.3) is 11.5 Å². The molecule has 0 aliphatic carbocycles. The van der Waals surface area contributed by atoms with Crippen LogP contribution in [-0.4, -0.2) is 22.0 Å². The lowest BCUT2D eigenvalue weighted by Crippen LogP contribution is -2.31. The predicted octanol–water partition coefficient (Wildman–Crippen LogP) is 3.10. The summed E-state index contributed by atoms with van der Waals surface area (Å²) in [5.74, 6) is -0.849. The maximum Gasteiger partial charge on any atom is 0.303 e. The van der Waals surface area contributed by atoms with E-state index in [0.717, 1.165) is 11.3 Å². The molecule has 0 bridgehead atoms. The highest BCUT2D eigenvalue weighted by Crippen LogP contribution is 2.32. The molecule has 0 spiro atoms. The Morgan fingerprint density at radius 2 is 2.26 bits per heavy atom. The average molecular weight is 333 g/mol. The normalized spacial score (nSPS) is 11.0. The molecule has 2 N–H and O–H groups in total. The third-order valence-electron chi connectivity index (χ3n) is 3.28. The number of nitrogens with zero attached hydrogens (tertiary/aromatic N) is 2. The van der Waals surface area contributed by atoms with Crippen LogP contribution in [0.3, 0.4) is 0 Å². The van der Waals surface area contributed by atoms with Gasteiger partial charge < -0.3 is 14.8 Å². The number of aromatic nitrogens is 1. The van der Waals surface area contributed by atoms with E-state index in [2.05, 4.69) is 10.3 Å². The van der Waals surface area contributed by atoms with E-state index in [0.29, 0.717) is 16.3 Å². The molecule has 0 saturated heterocycles. The number of anilines is 1. The van der Waals surface area contributed by atoms with E-state index in [4.69, 9.17) is 9.52 Å². The Labute approximate surface area is 136 Å². The highest BCUT2D eigenvalue weighted by Gasteiger charge is 2.29. The molecule has 2 rings (SSSR count). The summed E-state index contributed by atoms with van der Waals surface area (Å²) in [7, 11) is 0. The van der Waals surface area contributed by atoms with Crippen molar-refractivity contribution in [3.05, 3.63) is 23.3 Å². The molecule has 0 aliphatic rings. The minimum atomic E-state index is -0.952. The lowest BCUT2D eigenvalue weighted by Gasteiger charge is -2.21. The SMILES string of the molecule is CC(C)(CCC(=O)O)C(=O)Nc1nc(-c2ccco2)c(C#N)s1. The Kier molecular flexibility index (Phi) is 4.81. The van der Waals surface area contributed by atoms with Crippen molar-refractivity contribution in [3.63, 3.8) is 0 Å². The van der Waals surface area contributed by atoms with E-state index in [1.165, 1.54) is 6.26 Å². The van der Waals surface area contributed by atoms with E-state index in [9.17, 15) is 14.9 Å². The molecule has 120 valence electrons. The van der Waals surface area contributed by atoms with E-state index >= 15 is 0 Å². The number of amides is 1. The summed E-state index contributed by atoms with van der Waals surface area (Å²) in [5.41, 5.74) is -0.483. The minimum absolute atomic E-state index is 0.0978. The number of rotatable bonds is 6. The molecule has 7 nitrogen and oxygen atoms in total. The molecule has 0 fully saturated rings. The van der Waals surface area contributed by atoms with Crippen LogP contribution in [0.1, 0.15) is 31.6 Å². The molecule has 0 radical (unpaired) electrons. The number of hydrogen-bond acceptors (Lipinski definition) is 6. The highest BCUT2D eigenvalue weighted by molar-refractivity contribution is 7.16. The molecular weight excluding hydrogens is 318 g/mol. The number of carboxylic acids is 1. The third-order valence-corrected chi connectivity index (χ3v) is 4.16. The number of aliphatic carboxylic acids is 1. The van der Waals surface area contributed by atoms with Gasteiger partial charge >= 0.3 is 5.97 Å².